The van der Waals surface area contributed by atoms with Crippen LogP contribution in [0.4, 0.5) is 4.79 Å². The van der Waals surface area contributed by atoms with Gasteiger partial charge in [0.15, 0.2) is 0 Å². The lowest BCUT2D eigenvalue weighted by atomic mass is 10.1. The summed E-state index contributed by atoms with van der Waals surface area (Å²) in [6, 6.07) is 4.49. The number of nitrogens with one attached hydrogen (secondary N) is 1. The van der Waals surface area contributed by atoms with E-state index < -0.39 is 0 Å². The zero-order chi connectivity index (χ0) is 16.9. The first-order valence-corrected chi connectivity index (χ1v) is 10.0. The molecule has 1 saturated heterocycles. The van der Waals surface area contributed by atoms with Gasteiger partial charge in [-0.15, -0.1) is 22.7 Å². The fraction of sp³-hybridized carbons (Fsp3) is 0.529. The molecule has 3 heterocycles. The minimum absolute atomic E-state index is 0.00849. The molecule has 0 aliphatic carbocycles. The summed E-state index contributed by atoms with van der Waals surface area (Å²) in [5.41, 5.74) is 1.01. The molecule has 0 aromatic carbocycles. The summed E-state index contributed by atoms with van der Waals surface area (Å²) in [6.45, 7) is 5.56. The van der Waals surface area contributed by atoms with Gasteiger partial charge in [-0.2, -0.15) is 0 Å². The van der Waals surface area contributed by atoms with Crippen LogP contribution in [0.15, 0.2) is 22.9 Å². The van der Waals surface area contributed by atoms with E-state index in [9.17, 15) is 4.79 Å². The summed E-state index contributed by atoms with van der Waals surface area (Å²) in [4.78, 5) is 22.4. The predicted octanol–water partition coefficient (Wildman–Crippen LogP) is 3.32. The highest BCUT2D eigenvalue weighted by molar-refractivity contribution is 7.10. The molecule has 1 aliphatic rings. The Labute approximate surface area is 151 Å². The average Bonchev–Trinajstić information content (AvgIpc) is 3.19. The Morgan fingerprint density at radius 3 is 3.08 bits per heavy atom. The van der Waals surface area contributed by atoms with E-state index in [0.717, 1.165) is 43.2 Å². The lowest BCUT2D eigenvalue weighted by Crippen LogP contribution is -2.50. The maximum absolute atomic E-state index is 12.4. The number of thiazole rings is 1. The minimum Gasteiger partial charge on any atom is -0.334 e. The first-order chi connectivity index (χ1) is 11.6. The van der Waals surface area contributed by atoms with E-state index in [2.05, 4.69) is 32.7 Å². The molecule has 7 heteroatoms. The second-order valence-electron chi connectivity index (χ2n) is 6.34. The fourth-order valence-corrected chi connectivity index (χ4v) is 4.55. The Morgan fingerprint density at radius 2 is 2.38 bits per heavy atom. The number of piperidine rings is 1. The van der Waals surface area contributed by atoms with Crippen molar-refractivity contribution in [3.63, 3.8) is 0 Å². The van der Waals surface area contributed by atoms with E-state index in [0.29, 0.717) is 6.54 Å². The standard InChI is InChI=1S/C17H24N4OS2/c1-13-12-24-16(18-13)11-20(2)17(22)19-14-5-3-7-21(9-14)10-15-6-4-8-23-15/h4,6,8,12,14H,3,5,7,9-11H2,1-2H3,(H,19,22). The van der Waals surface area contributed by atoms with E-state index in [1.54, 1.807) is 27.6 Å². The van der Waals surface area contributed by atoms with Crippen molar-refractivity contribution in [1.29, 1.82) is 0 Å². The highest BCUT2D eigenvalue weighted by Crippen LogP contribution is 2.17. The smallest absolute Gasteiger partial charge is 0.317 e. The molecule has 0 radical (unpaired) electrons. The van der Waals surface area contributed by atoms with Crippen LogP contribution < -0.4 is 5.32 Å². The summed E-state index contributed by atoms with van der Waals surface area (Å²) in [6.07, 6.45) is 2.18. The van der Waals surface area contributed by atoms with Gasteiger partial charge in [-0.05, 0) is 37.8 Å². The fourth-order valence-electron chi connectivity index (χ4n) is 2.97. The van der Waals surface area contributed by atoms with Crippen LogP contribution in [0.25, 0.3) is 0 Å². The van der Waals surface area contributed by atoms with Crippen LogP contribution in [-0.4, -0.2) is 47.0 Å². The number of aromatic nitrogens is 1. The number of carbonyl (C=O) groups is 1. The van der Waals surface area contributed by atoms with Crippen molar-refractivity contribution >= 4 is 28.7 Å². The number of nitrogens with zero attached hydrogens (tertiary/aromatic N) is 3. The van der Waals surface area contributed by atoms with Crippen molar-refractivity contribution in [1.82, 2.24) is 20.1 Å². The first-order valence-electron chi connectivity index (χ1n) is 8.27. The minimum atomic E-state index is -0.00849. The molecule has 2 aromatic rings. The van der Waals surface area contributed by atoms with Gasteiger partial charge in [0.1, 0.15) is 5.01 Å². The maximum Gasteiger partial charge on any atom is 0.317 e. The van der Waals surface area contributed by atoms with Gasteiger partial charge in [-0.3, -0.25) is 4.90 Å². The van der Waals surface area contributed by atoms with E-state index in [1.807, 2.05) is 19.4 Å². The number of carbonyl (C=O) groups excluding carboxylic acids is 1. The lowest BCUT2D eigenvalue weighted by Gasteiger charge is -2.33. The summed E-state index contributed by atoms with van der Waals surface area (Å²) < 4.78 is 0. The van der Waals surface area contributed by atoms with Crippen LogP contribution in [0, 0.1) is 6.92 Å². The van der Waals surface area contributed by atoms with E-state index in [1.165, 1.54) is 4.88 Å². The van der Waals surface area contributed by atoms with Gasteiger partial charge in [0.25, 0.3) is 0 Å². The third-order valence-electron chi connectivity index (χ3n) is 4.18. The average molecular weight is 365 g/mol. The number of rotatable bonds is 5. The normalized spacial score (nSPS) is 18.5. The highest BCUT2D eigenvalue weighted by Gasteiger charge is 2.23. The molecular formula is C17H24N4OS2. The van der Waals surface area contributed by atoms with Gasteiger partial charge < -0.3 is 10.2 Å². The van der Waals surface area contributed by atoms with Gasteiger partial charge in [-0.1, -0.05) is 6.07 Å². The third kappa shape index (κ3) is 4.78. The number of likely N-dealkylation sites (tertiary alicyclic amines) is 1. The van der Waals surface area contributed by atoms with Crippen LogP contribution in [0.5, 0.6) is 0 Å². The van der Waals surface area contributed by atoms with Gasteiger partial charge in [0.2, 0.25) is 0 Å². The zero-order valence-corrected chi connectivity index (χ0v) is 15.8. The van der Waals surface area contributed by atoms with Crippen molar-refractivity contribution < 1.29 is 4.79 Å². The van der Waals surface area contributed by atoms with Crippen LogP contribution >= 0.6 is 22.7 Å². The number of thiophene rings is 1. The predicted molar refractivity (Wildman–Crippen MR) is 99.5 cm³/mol. The molecule has 2 aromatic heterocycles. The SMILES string of the molecule is Cc1csc(CN(C)C(=O)NC2CCCN(Cc3cccs3)C2)n1. The topological polar surface area (TPSA) is 48.5 Å². The molecule has 1 unspecified atom stereocenters. The molecule has 130 valence electrons. The molecule has 5 nitrogen and oxygen atoms in total. The molecule has 0 spiro atoms. The molecule has 1 N–H and O–H groups in total. The Bertz CT molecular complexity index is 655. The van der Waals surface area contributed by atoms with Crippen LogP contribution in [0.2, 0.25) is 0 Å². The van der Waals surface area contributed by atoms with Gasteiger partial charge in [-0.25, -0.2) is 9.78 Å². The Kier molecular flexibility index (Phi) is 5.86. The van der Waals surface area contributed by atoms with E-state index in [-0.39, 0.29) is 12.1 Å². The van der Waals surface area contributed by atoms with Crippen molar-refractivity contribution in [2.75, 3.05) is 20.1 Å². The van der Waals surface area contributed by atoms with Crippen LogP contribution in [0.1, 0.15) is 28.4 Å². The largest absolute Gasteiger partial charge is 0.334 e. The molecule has 0 bridgehead atoms. The number of hydrogen-bond acceptors (Lipinski definition) is 5. The van der Waals surface area contributed by atoms with Crippen LogP contribution in [-0.2, 0) is 13.1 Å². The number of amides is 2. The van der Waals surface area contributed by atoms with Crippen molar-refractivity contribution in [2.24, 2.45) is 0 Å². The molecule has 2 amide bonds. The van der Waals surface area contributed by atoms with E-state index >= 15 is 0 Å². The Balaban J connectivity index is 1.48. The lowest BCUT2D eigenvalue weighted by molar-refractivity contribution is 0.168. The molecular weight excluding hydrogens is 340 g/mol. The molecule has 1 aliphatic heterocycles. The Hall–Kier alpha value is -1.44. The molecule has 3 rings (SSSR count). The number of hydrogen-bond donors (Lipinski definition) is 1. The third-order valence-corrected chi connectivity index (χ3v) is 5.99. The molecule has 0 saturated carbocycles. The summed E-state index contributed by atoms with van der Waals surface area (Å²) in [7, 11) is 1.83. The monoisotopic (exact) mass is 364 g/mol. The summed E-state index contributed by atoms with van der Waals surface area (Å²) in [5, 5.41) is 8.30. The first kappa shape index (κ1) is 17.4. The molecule has 1 atom stereocenters. The summed E-state index contributed by atoms with van der Waals surface area (Å²) >= 11 is 3.40. The highest BCUT2D eigenvalue weighted by atomic mass is 32.1. The van der Waals surface area contributed by atoms with Crippen molar-refractivity contribution in [2.45, 2.75) is 38.9 Å². The molecule has 1 fully saturated rings. The van der Waals surface area contributed by atoms with E-state index in [4.69, 9.17) is 0 Å². The van der Waals surface area contributed by atoms with Crippen molar-refractivity contribution in [3.05, 3.63) is 38.5 Å². The zero-order valence-electron chi connectivity index (χ0n) is 14.2. The van der Waals surface area contributed by atoms with Gasteiger partial charge in [0, 0.05) is 42.1 Å². The maximum atomic E-state index is 12.4. The number of urea groups is 1. The number of aryl methyl sites for hydroxylation is 1. The second-order valence-corrected chi connectivity index (χ2v) is 8.32. The Morgan fingerprint density at radius 1 is 1.50 bits per heavy atom. The molecule has 24 heavy (non-hydrogen) atoms. The van der Waals surface area contributed by atoms with Crippen molar-refractivity contribution in [3.8, 4) is 0 Å². The second kappa shape index (κ2) is 8.09. The van der Waals surface area contributed by atoms with Gasteiger partial charge >= 0.3 is 6.03 Å². The van der Waals surface area contributed by atoms with Gasteiger partial charge in [0.05, 0.1) is 6.54 Å². The quantitative estimate of drug-likeness (QED) is 0.885. The van der Waals surface area contributed by atoms with Crippen LogP contribution in [0.3, 0.4) is 0 Å². The summed E-state index contributed by atoms with van der Waals surface area (Å²) in [5.74, 6) is 0.